The van der Waals surface area contributed by atoms with Crippen molar-refractivity contribution in [3.63, 3.8) is 0 Å². The van der Waals surface area contributed by atoms with E-state index >= 15 is 0 Å². The summed E-state index contributed by atoms with van der Waals surface area (Å²) in [5.41, 5.74) is 1.98. The predicted molar refractivity (Wildman–Crippen MR) is 75.1 cm³/mol. The van der Waals surface area contributed by atoms with Gasteiger partial charge in [-0.2, -0.15) is 0 Å². The fourth-order valence-electron chi connectivity index (χ4n) is 1.81. The molecule has 1 aromatic heterocycles. The molecule has 1 aromatic carbocycles. The number of amides is 1. The first-order valence-corrected chi connectivity index (χ1v) is 6.25. The molecular weight excluding hydrogens is 242 g/mol. The second-order valence-corrected chi connectivity index (χ2v) is 5.27. The van der Waals surface area contributed by atoms with Gasteiger partial charge in [0, 0.05) is 30.6 Å². The molecule has 1 amide bonds. The fourth-order valence-corrected chi connectivity index (χ4v) is 1.81. The molecule has 19 heavy (non-hydrogen) atoms. The second-order valence-electron chi connectivity index (χ2n) is 5.27. The van der Waals surface area contributed by atoms with Crippen molar-refractivity contribution in [2.24, 2.45) is 0 Å². The SMILES string of the molecule is CNC(C)(C)CC(=O)Nc1ccc2nc(C)oc2c1. The lowest BCUT2D eigenvalue weighted by molar-refractivity contribution is -0.117. The Kier molecular flexibility index (Phi) is 3.57. The maximum atomic E-state index is 11.9. The van der Waals surface area contributed by atoms with Gasteiger partial charge in [0.2, 0.25) is 5.91 Å². The molecule has 0 saturated carbocycles. The summed E-state index contributed by atoms with van der Waals surface area (Å²) in [5.74, 6) is 0.588. The highest BCUT2D eigenvalue weighted by Gasteiger charge is 2.19. The number of oxazole rings is 1. The number of aromatic nitrogens is 1. The summed E-state index contributed by atoms with van der Waals surface area (Å²) in [6.45, 7) is 5.76. The maximum Gasteiger partial charge on any atom is 0.226 e. The standard InChI is InChI=1S/C14H19N3O2/c1-9-16-11-6-5-10(7-12(11)19-9)17-13(18)8-14(2,3)15-4/h5-7,15H,8H2,1-4H3,(H,17,18). The minimum absolute atomic E-state index is 0.0325. The fraction of sp³-hybridized carbons (Fsp3) is 0.429. The van der Waals surface area contributed by atoms with E-state index in [4.69, 9.17) is 4.42 Å². The molecular formula is C14H19N3O2. The molecule has 1 heterocycles. The zero-order valence-electron chi connectivity index (χ0n) is 11.7. The highest BCUT2D eigenvalue weighted by Crippen LogP contribution is 2.20. The molecule has 5 heteroatoms. The number of benzene rings is 1. The summed E-state index contributed by atoms with van der Waals surface area (Å²) in [5, 5.41) is 5.97. The molecule has 102 valence electrons. The highest BCUT2D eigenvalue weighted by atomic mass is 16.3. The number of anilines is 1. The third-order valence-electron chi connectivity index (χ3n) is 3.06. The van der Waals surface area contributed by atoms with E-state index in [0.717, 1.165) is 11.2 Å². The van der Waals surface area contributed by atoms with Crippen LogP contribution < -0.4 is 10.6 Å². The van der Waals surface area contributed by atoms with Gasteiger partial charge in [0.1, 0.15) is 5.52 Å². The van der Waals surface area contributed by atoms with E-state index < -0.39 is 0 Å². The first kappa shape index (κ1) is 13.5. The molecule has 2 N–H and O–H groups in total. The number of carbonyl (C=O) groups is 1. The molecule has 0 saturated heterocycles. The summed E-state index contributed by atoms with van der Waals surface area (Å²) in [6.07, 6.45) is 0.400. The number of nitrogens with one attached hydrogen (secondary N) is 2. The smallest absolute Gasteiger partial charge is 0.226 e. The van der Waals surface area contributed by atoms with Gasteiger partial charge in [-0.1, -0.05) is 0 Å². The molecule has 0 bridgehead atoms. The summed E-state index contributed by atoms with van der Waals surface area (Å²) in [7, 11) is 1.84. The van der Waals surface area contributed by atoms with Crippen LogP contribution in [0.25, 0.3) is 11.1 Å². The lowest BCUT2D eigenvalue weighted by atomic mass is 10.0. The molecule has 0 radical (unpaired) electrons. The maximum absolute atomic E-state index is 11.9. The monoisotopic (exact) mass is 261 g/mol. The number of aryl methyl sites for hydroxylation is 1. The number of carbonyl (C=O) groups excluding carboxylic acids is 1. The van der Waals surface area contributed by atoms with E-state index in [1.807, 2.05) is 33.0 Å². The number of hydrogen-bond donors (Lipinski definition) is 2. The minimum atomic E-state index is -0.225. The van der Waals surface area contributed by atoms with Gasteiger partial charge in [-0.25, -0.2) is 4.98 Å². The van der Waals surface area contributed by atoms with Gasteiger partial charge in [0.25, 0.3) is 0 Å². The van der Waals surface area contributed by atoms with Gasteiger partial charge in [0.05, 0.1) is 0 Å². The Morgan fingerprint density at radius 1 is 1.42 bits per heavy atom. The van der Waals surface area contributed by atoms with Crippen LogP contribution in [-0.2, 0) is 4.79 Å². The Labute approximate surface area is 112 Å². The quantitative estimate of drug-likeness (QED) is 0.887. The van der Waals surface area contributed by atoms with Crippen molar-refractivity contribution in [3.8, 4) is 0 Å². The van der Waals surface area contributed by atoms with Crippen LogP contribution in [0.4, 0.5) is 5.69 Å². The van der Waals surface area contributed by atoms with Crippen LogP contribution in [0.1, 0.15) is 26.2 Å². The zero-order valence-corrected chi connectivity index (χ0v) is 11.7. The van der Waals surface area contributed by atoms with Crippen LogP contribution in [0.2, 0.25) is 0 Å². The third kappa shape index (κ3) is 3.32. The molecule has 0 fully saturated rings. The van der Waals surface area contributed by atoms with Crippen molar-refractivity contribution in [3.05, 3.63) is 24.1 Å². The van der Waals surface area contributed by atoms with Gasteiger partial charge < -0.3 is 15.1 Å². The average molecular weight is 261 g/mol. The Hall–Kier alpha value is -1.88. The largest absolute Gasteiger partial charge is 0.441 e. The number of fused-ring (bicyclic) bond motifs is 1. The molecule has 2 rings (SSSR count). The van der Waals surface area contributed by atoms with Crippen molar-refractivity contribution in [2.45, 2.75) is 32.7 Å². The van der Waals surface area contributed by atoms with Gasteiger partial charge in [-0.15, -0.1) is 0 Å². The number of hydrogen-bond acceptors (Lipinski definition) is 4. The first-order chi connectivity index (χ1) is 8.89. The van der Waals surface area contributed by atoms with Gasteiger partial charge in [-0.05, 0) is 33.0 Å². The summed E-state index contributed by atoms with van der Waals surface area (Å²) in [4.78, 5) is 16.1. The molecule has 2 aromatic rings. The van der Waals surface area contributed by atoms with E-state index in [1.165, 1.54) is 0 Å². The van der Waals surface area contributed by atoms with E-state index in [2.05, 4.69) is 15.6 Å². The Morgan fingerprint density at radius 2 is 2.16 bits per heavy atom. The van der Waals surface area contributed by atoms with Crippen molar-refractivity contribution < 1.29 is 9.21 Å². The van der Waals surface area contributed by atoms with Crippen LogP contribution in [-0.4, -0.2) is 23.5 Å². The van der Waals surface area contributed by atoms with Gasteiger partial charge in [-0.3, -0.25) is 4.79 Å². The topological polar surface area (TPSA) is 67.2 Å². The molecule has 0 aliphatic heterocycles. The normalized spacial score (nSPS) is 11.8. The second kappa shape index (κ2) is 5.01. The first-order valence-electron chi connectivity index (χ1n) is 6.25. The van der Waals surface area contributed by atoms with Crippen LogP contribution >= 0.6 is 0 Å². The summed E-state index contributed by atoms with van der Waals surface area (Å²) in [6, 6.07) is 5.46. The molecule has 0 atom stereocenters. The molecule has 0 spiro atoms. The summed E-state index contributed by atoms with van der Waals surface area (Å²) < 4.78 is 5.44. The molecule has 0 aliphatic rings. The number of rotatable bonds is 4. The minimum Gasteiger partial charge on any atom is -0.441 e. The zero-order chi connectivity index (χ0) is 14.0. The molecule has 5 nitrogen and oxygen atoms in total. The highest BCUT2D eigenvalue weighted by molar-refractivity contribution is 5.93. The van der Waals surface area contributed by atoms with Crippen molar-refractivity contribution in [1.82, 2.24) is 10.3 Å². The lowest BCUT2D eigenvalue weighted by Gasteiger charge is -2.23. The lowest BCUT2D eigenvalue weighted by Crippen LogP contribution is -2.39. The van der Waals surface area contributed by atoms with Crippen LogP contribution in [0.15, 0.2) is 22.6 Å². The van der Waals surface area contributed by atoms with Crippen molar-refractivity contribution in [1.29, 1.82) is 0 Å². The Balaban J connectivity index is 2.10. The number of nitrogens with zero attached hydrogens (tertiary/aromatic N) is 1. The van der Waals surface area contributed by atoms with Crippen molar-refractivity contribution >= 4 is 22.7 Å². The van der Waals surface area contributed by atoms with Gasteiger partial charge in [0.15, 0.2) is 11.5 Å². The van der Waals surface area contributed by atoms with Gasteiger partial charge >= 0.3 is 0 Å². The average Bonchev–Trinajstić information content (AvgIpc) is 2.67. The Morgan fingerprint density at radius 3 is 2.84 bits per heavy atom. The summed E-state index contributed by atoms with van der Waals surface area (Å²) >= 11 is 0. The third-order valence-corrected chi connectivity index (χ3v) is 3.06. The molecule has 0 unspecified atom stereocenters. The van der Waals surface area contributed by atoms with Crippen molar-refractivity contribution in [2.75, 3.05) is 12.4 Å². The predicted octanol–water partition coefficient (Wildman–Crippen LogP) is 2.46. The van der Waals surface area contributed by atoms with E-state index in [9.17, 15) is 4.79 Å². The van der Waals surface area contributed by atoms with E-state index in [1.54, 1.807) is 13.0 Å². The van der Waals surface area contributed by atoms with Crippen LogP contribution in [0.5, 0.6) is 0 Å². The Bertz CT molecular complexity index is 602. The van der Waals surface area contributed by atoms with Crippen LogP contribution in [0.3, 0.4) is 0 Å². The van der Waals surface area contributed by atoms with E-state index in [-0.39, 0.29) is 11.4 Å². The van der Waals surface area contributed by atoms with E-state index in [0.29, 0.717) is 17.9 Å². The molecule has 0 aliphatic carbocycles. The van der Waals surface area contributed by atoms with Crippen LogP contribution in [0, 0.1) is 6.92 Å².